The third-order valence-electron chi connectivity index (χ3n) is 3.49. The minimum atomic E-state index is -0.746. The van der Waals surface area contributed by atoms with Crippen LogP contribution in [-0.2, 0) is 9.53 Å². The highest BCUT2D eigenvalue weighted by Gasteiger charge is 2.33. The molecule has 2 aromatic carbocycles. The lowest BCUT2D eigenvalue weighted by Crippen LogP contribution is -2.10. The number of ether oxygens (including phenoxy) is 1. The molecule has 0 fully saturated rings. The molecule has 0 unspecified atom stereocenters. The van der Waals surface area contributed by atoms with Crippen LogP contribution in [0.1, 0.15) is 5.56 Å². The summed E-state index contributed by atoms with van der Waals surface area (Å²) in [7, 11) is 1.20. The SMILES string of the molecule is COC(=O)C1=C(O)/C(=C\c2cccc(O)c2)SC1=Nc1cccc(F)c1. The van der Waals surface area contributed by atoms with Gasteiger partial charge in [0.2, 0.25) is 0 Å². The lowest BCUT2D eigenvalue weighted by atomic mass is 10.1. The summed E-state index contributed by atoms with van der Waals surface area (Å²) in [6.07, 6.45) is 1.61. The van der Waals surface area contributed by atoms with E-state index in [0.29, 0.717) is 16.2 Å². The molecule has 0 radical (unpaired) electrons. The molecule has 2 aromatic rings. The van der Waals surface area contributed by atoms with Crippen LogP contribution < -0.4 is 0 Å². The van der Waals surface area contributed by atoms with Gasteiger partial charge in [0.1, 0.15) is 27.9 Å². The van der Waals surface area contributed by atoms with Crippen LogP contribution >= 0.6 is 11.8 Å². The van der Waals surface area contributed by atoms with E-state index >= 15 is 0 Å². The molecular formula is C19H14FNO4S. The number of carbonyl (C=O) groups is 1. The van der Waals surface area contributed by atoms with Gasteiger partial charge in [0.05, 0.1) is 17.7 Å². The van der Waals surface area contributed by atoms with Crippen molar-refractivity contribution in [3.63, 3.8) is 0 Å². The van der Waals surface area contributed by atoms with Gasteiger partial charge in [0.25, 0.3) is 0 Å². The number of thioether (sulfide) groups is 1. The van der Waals surface area contributed by atoms with Crippen LogP contribution in [0.3, 0.4) is 0 Å². The number of halogens is 1. The van der Waals surface area contributed by atoms with Crippen molar-refractivity contribution in [3.8, 4) is 5.75 Å². The maximum absolute atomic E-state index is 13.4. The second-order valence-electron chi connectivity index (χ2n) is 5.32. The summed E-state index contributed by atoms with van der Waals surface area (Å²) in [5, 5.41) is 20.2. The highest BCUT2D eigenvalue weighted by Crippen LogP contribution is 2.40. The molecule has 0 saturated carbocycles. The van der Waals surface area contributed by atoms with Crippen molar-refractivity contribution in [1.82, 2.24) is 0 Å². The number of rotatable bonds is 3. The van der Waals surface area contributed by atoms with E-state index in [0.717, 1.165) is 11.8 Å². The van der Waals surface area contributed by atoms with Gasteiger partial charge in [-0.05, 0) is 42.0 Å². The number of phenolic OH excluding ortho intramolecular Hbond substituents is 1. The summed E-state index contributed by atoms with van der Waals surface area (Å²) in [6.45, 7) is 0. The molecule has 0 bridgehead atoms. The van der Waals surface area contributed by atoms with E-state index in [4.69, 9.17) is 4.74 Å². The Morgan fingerprint density at radius 1 is 1.19 bits per heavy atom. The number of esters is 1. The van der Waals surface area contributed by atoms with E-state index in [9.17, 15) is 19.4 Å². The first-order valence-corrected chi connectivity index (χ1v) is 8.34. The first kappa shape index (κ1) is 17.8. The third kappa shape index (κ3) is 3.78. The van der Waals surface area contributed by atoms with Crippen molar-refractivity contribution in [1.29, 1.82) is 0 Å². The van der Waals surface area contributed by atoms with Crippen LogP contribution in [0.2, 0.25) is 0 Å². The zero-order chi connectivity index (χ0) is 18.7. The fraction of sp³-hybridized carbons (Fsp3) is 0.0526. The van der Waals surface area contributed by atoms with E-state index < -0.39 is 11.8 Å². The Hall–Kier alpha value is -3.06. The topological polar surface area (TPSA) is 79.1 Å². The largest absolute Gasteiger partial charge is 0.508 e. The predicted octanol–water partition coefficient (Wildman–Crippen LogP) is 4.33. The zero-order valence-electron chi connectivity index (χ0n) is 13.6. The molecule has 0 saturated heterocycles. The number of hydrogen-bond acceptors (Lipinski definition) is 6. The second kappa shape index (κ2) is 7.45. The zero-order valence-corrected chi connectivity index (χ0v) is 14.5. The number of aliphatic hydroxyl groups is 1. The maximum Gasteiger partial charge on any atom is 0.344 e. The minimum absolute atomic E-state index is 0.0765. The quantitative estimate of drug-likeness (QED) is 0.785. The summed E-state index contributed by atoms with van der Waals surface area (Å²) in [5.74, 6) is -1.41. The maximum atomic E-state index is 13.4. The molecule has 5 nitrogen and oxygen atoms in total. The highest BCUT2D eigenvalue weighted by atomic mass is 32.2. The van der Waals surface area contributed by atoms with Gasteiger partial charge >= 0.3 is 5.97 Å². The van der Waals surface area contributed by atoms with E-state index in [1.807, 2.05) is 0 Å². The normalized spacial score (nSPS) is 17.2. The van der Waals surface area contributed by atoms with Gasteiger partial charge in [-0.2, -0.15) is 0 Å². The first-order chi connectivity index (χ1) is 12.5. The van der Waals surface area contributed by atoms with Crippen molar-refractivity contribution >= 4 is 34.5 Å². The molecule has 3 rings (SSSR count). The molecule has 0 spiro atoms. The number of aliphatic hydroxyl groups excluding tert-OH is 1. The van der Waals surface area contributed by atoms with E-state index in [-0.39, 0.29) is 22.1 Å². The van der Waals surface area contributed by atoms with Gasteiger partial charge in [-0.25, -0.2) is 14.2 Å². The molecule has 0 atom stereocenters. The summed E-state index contributed by atoms with van der Waals surface area (Å²) in [4.78, 5) is 16.7. The van der Waals surface area contributed by atoms with Crippen LogP contribution in [-0.4, -0.2) is 28.3 Å². The molecule has 1 aliphatic heterocycles. The van der Waals surface area contributed by atoms with Crippen molar-refractivity contribution < 1.29 is 24.1 Å². The number of benzene rings is 2. The molecule has 26 heavy (non-hydrogen) atoms. The summed E-state index contributed by atoms with van der Waals surface area (Å²) in [5.41, 5.74) is 0.851. The van der Waals surface area contributed by atoms with E-state index in [1.165, 1.54) is 37.4 Å². The molecule has 7 heteroatoms. The fourth-order valence-corrected chi connectivity index (χ4v) is 3.35. The number of phenols is 1. The number of aliphatic imine (C=N–C) groups is 1. The van der Waals surface area contributed by atoms with Gasteiger partial charge < -0.3 is 14.9 Å². The van der Waals surface area contributed by atoms with Crippen LogP contribution in [0, 0.1) is 5.82 Å². The Bertz CT molecular complexity index is 966. The van der Waals surface area contributed by atoms with Crippen LogP contribution in [0.4, 0.5) is 10.1 Å². The summed E-state index contributed by atoms with van der Waals surface area (Å²) < 4.78 is 18.1. The van der Waals surface area contributed by atoms with Crippen molar-refractivity contribution in [2.24, 2.45) is 4.99 Å². The molecule has 132 valence electrons. The Balaban J connectivity index is 2.05. The Labute approximate surface area is 153 Å². The third-order valence-corrected chi connectivity index (χ3v) is 4.51. The lowest BCUT2D eigenvalue weighted by Gasteiger charge is -2.02. The Morgan fingerprint density at radius 3 is 2.65 bits per heavy atom. The number of nitrogens with zero attached hydrogens (tertiary/aromatic N) is 1. The van der Waals surface area contributed by atoms with Gasteiger partial charge in [-0.15, -0.1) is 0 Å². The summed E-state index contributed by atoms with van der Waals surface area (Å²) in [6, 6.07) is 12.0. The molecule has 0 aromatic heterocycles. The Morgan fingerprint density at radius 2 is 1.96 bits per heavy atom. The monoisotopic (exact) mass is 371 g/mol. The molecular weight excluding hydrogens is 357 g/mol. The highest BCUT2D eigenvalue weighted by molar-refractivity contribution is 8.18. The van der Waals surface area contributed by atoms with Gasteiger partial charge in [-0.1, -0.05) is 30.0 Å². The first-order valence-electron chi connectivity index (χ1n) is 7.53. The number of hydrogen-bond donors (Lipinski definition) is 2. The standard InChI is InChI=1S/C19H14FNO4S/c1-25-19(24)16-17(23)15(9-11-4-2-7-14(22)8-11)26-18(16)21-13-6-3-5-12(20)10-13/h2-10,22-23H,1H3/b15-9+,21-18?. The molecule has 1 aliphatic rings. The minimum Gasteiger partial charge on any atom is -0.508 e. The number of carbonyl (C=O) groups excluding carboxylic acids is 1. The average molecular weight is 371 g/mol. The fourth-order valence-electron chi connectivity index (χ4n) is 2.32. The molecule has 0 aliphatic carbocycles. The lowest BCUT2D eigenvalue weighted by molar-refractivity contribution is -0.135. The van der Waals surface area contributed by atoms with Crippen molar-refractivity contribution in [2.45, 2.75) is 0 Å². The number of methoxy groups -OCH3 is 1. The van der Waals surface area contributed by atoms with Crippen LogP contribution in [0.15, 0.2) is 69.8 Å². The molecule has 2 N–H and O–H groups in total. The average Bonchev–Trinajstić information content (AvgIpc) is 2.89. The van der Waals surface area contributed by atoms with E-state index in [2.05, 4.69) is 4.99 Å². The molecule has 1 heterocycles. The van der Waals surface area contributed by atoms with Crippen molar-refractivity contribution in [2.75, 3.05) is 7.11 Å². The van der Waals surface area contributed by atoms with E-state index in [1.54, 1.807) is 24.3 Å². The Kier molecular flexibility index (Phi) is 5.09. The van der Waals surface area contributed by atoms with Crippen molar-refractivity contribution in [3.05, 3.63) is 76.1 Å². The number of aromatic hydroxyl groups is 1. The van der Waals surface area contributed by atoms with Crippen LogP contribution in [0.25, 0.3) is 6.08 Å². The van der Waals surface area contributed by atoms with Gasteiger partial charge in [0, 0.05) is 0 Å². The van der Waals surface area contributed by atoms with Gasteiger partial charge in [-0.3, -0.25) is 0 Å². The second-order valence-corrected chi connectivity index (χ2v) is 6.35. The predicted molar refractivity (Wildman–Crippen MR) is 98.8 cm³/mol. The summed E-state index contributed by atoms with van der Waals surface area (Å²) >= 11 is 1.05. The van der Waals surface area contributed by atoms with Gasteiger partial charge in [0.15, 0.2) is 0 Å². The smallest absolute Gasteiger partial charge is 0.344 e. The van der Waals surface area contributed by atoms with Crippen LogP contribution in [0.5, 0.6) is 5.75 Å². The molecule has 0 amide bonds.